The van der Waals surface area contributed by atoms with Crippen LogP contribution in [0.25, 0.3) is 0 Å². The number of carboxylic acids is 1. The lowest BCUT2D eigenvalue weighted by atomic mass is 10.1. The number of rotatable bonds is 4. The van der Waals surface area contributed by atoms with Crippen molar-refractivity contribution in [3.05, 3.63) is 0 Å². The Balaban J connectivity index is 2.58. The van der Waals surface area contributed by atoms with E-state index in [2.05, 4.69) is 5.32 Å². The third kappa shape index (κ3) is 5.46. The maximum absolute atomic E-state index is 11.7. The van der Waals surface area contributed by atoms with Crippen LogP contribution in [0, 0.1) is 0 Å². The fourth-order valence-corrected chi connectivity index (χ4v) is 1.91. The minimum absolute atomic E-state index is 0.0343. The average Bonchev–Trinajstić information content (AvgIpc) is 2.28. The third-order valence-electron chi connectivity index (χ3n) is 2.81. The van der Waals surface area contributed by atoms with Crippen LogP contribution in [0.2, 0.25) is 0 Å². The normalized spacial score (nSPS) is 17.6. The number of carbonyl (C=O) groups is 3. The van der Waals surface area contributed by atoms with Crippen LogP contribution in [0.15, 0.2) is 0 Å². The lowest BCUT2D eigenvalue weighted by Crippen LogP contribution is -2.51. The van der Waals surface area contributed by atoms with E-state index in [1.165, 1.54) is 4.90 Å². The van der Waals surface area contributed by atoms with Crippen molar-refractivity contribution in [2.24, 2.45) is 0 Å². The van der Waals surface area contributed by atoms with Crippen molar-refractivity contribution < 1.29 is 24.2 Å². The van der Waals surface area contributed by atoms with E-state index in [1.54, 1.807) is 20.8 Å². The molecule has 20 heavy (non-hydrogen) atoms. The highest BCUT2D eigenvalue weighted by Gasteiger charge is 2.28. The van der Waals surface area contributed by atoms with Gasteiger partial charge in [0.2, 0.25) is 5.91 Å². The predicted octanol–water partition coefficient (Wildman–Crippen LogP) is 0.977. The van der Waals surface area contributed by atoms with Gasteiger partial charge in [-0.3, -0.25) is 4.79 Å². The summed E-state index contributed by atoms with van der Waals surface area (Å²) in [5.41, 5.74) is -0.700. The number of hydrogen-bond donors (Lipinski definition) is 2. The molecule has 1 aliphatic rings. The molecule has 0 aromatic heterocycles. The number of nitrogens with one attached hydrogen (secondary N) is 1. The highest BCUT2D eigenvalue weighted by Crippen LogP contribution is 2.11. The summed E-state index contributed by atoms with van der Waals surface area (Å²) in [6, 6.07) is -1.16. The van der Waals surface area contributed by atoms with Gasteiger partial charge in [-0.1, -0.05) is 0 Å². The van der Waals surface area contributed by atoms with Crippen LogP contribution < -0.4 is 5.32 Å². The third-order valence-corrected chi connectivity index (χ3v) is 2.81. The van der Waals surface area contributed by atoms with Gasteiger partial charge in [0.15, 0.2) is 0 Å². The van der Waals surface area contributed by atoms with Gasteiger partial charge in [0.1, 0.15) is 11.6 Å². The van der Waals surface area contributed by atoms with Gasteiger partial charge in [-0.05, 0) is 33.6 Å². The molecule has 2 N–H and O–H groups in total. The van der Waals surface area contributed by atoms with Gasteiger partial charge in [-0.2, -0.15) is 0 Å². The summed E-state index contributed by atoms with van der Waals surface area (Å²) in [5.74, 6) is -1.26. The largest absolute Gasteiger partial charge is 0.480 e. The Hall–Kier alpha value is -1.79. The van der Waals surface area contributed by atoms with Gasteiger partial charge in [-0.25, -0.2) is 9.59 Å². The maximum Gasteiger partial charge on any atom is 0.408 e. The minimum Gasteiger partial charge on any atom is -0.480 e. The number of hydrogen-bond acceptors (Lipinski definition) is 4. The van der Waals surface area contributed by atoms with Crippen LogP contribution in [0.4, 0.5) is 4.79 Å². The van der Waals surface area contributed by atoms with Crippen molar-refractivity contribution in [1.82, 2.24) is 10.2 Å². The Bertz CT molecular complexity index is 389. The Morgan fingerprint density at radius 1 is 1.40 bits per heavy atom. The molecule has 0 radical (unpaired) electrons. The molecule has 1 aliphatic heterocycles. The second-order valence-electron chi connectivity index (χ2n) is 5.83. The van der Waals surface area contributed by atoms with Gasteiger partial charge < -0.3 is 20.1 Å². The van der Waals surface area contributed by atoms with Crippen LogP contribution >= 0.6 is 0 Å². The first kappa shape index (κ1) is 16.3. The Morgan fingerprint density at radius 2 is 2.05 bits per heavy atom. The molecule has 0 saturated carbocycles. The zero-order valence-corrected chi connectivity index (χ0v) is 12.1. The average molecular weight is 286 g/mol. The molecule has 0 spiro atoms. The van der Waals surface area contributed by atoms with Crippen LogP contribution in [-0.2, 0) is 14.3 Å². The number of nitrogens with zero attached hydrogens (tertiary/aromatic N) is 1. The van der Waals surface area contributed by atoms with Gasteiger partial charge >= 0.3 is 12.1 Å². The Labute approximate surface area is 118 Å². The topological polar surface area (TPSA) is 95.9 Å². The molecular formula is C13H22N2O5. The predicted molar refractivity (Wildman–Crippen MR) is 71.2 cm³/mol. The second kappa shape index (κ2) is 6.58. The van der Waals surface area contributed by atoms with Gasteiger partial charge in [0.25, 0.3) is 0 Å². The zero-order chi connectivity index (χ0) is 15.3. The summed E-state index contributed by atoms with van der Waals surface area (Å²) >= 11 is 0. The van der Waals surface area contributed by atoms with E-state index in [0.717, 1.165) is 12.8 Å². The monoisotopic (exact) mass is 286 g/mol. The molecule has 2 amide bonds. The standard InChI is InChI=1S/C13H22N2O5/c1-13(2,3)20-12(19)14-9(11(17)18)8-15-7-5-4-6-10(15)16/h9H,4-8H2,1-3H3,(H,14,19)(H,17,18)/t9-/m0/s1. The number of aliphatic carboxylic acids is 1. The number of alkyl carbamates (subject to hydrolysis) is 1. The van der Waals surface area contributed by atoms with E-state index in [4.69, 9.17) is 9.84 Å². The SMILES string of the molecule is CC(C)(C)OC(=O)N[C@@H](CN1CCCCC1=O)C(=O)O. The maximum atomic E-state index is 11.7. The van der Waals surface area contributed by atoms with E-state index < -0.39 is 23.7 Å². The number of amides is 2. The highest BCUT2D eigenvalue weighted by atomic mass is 16.6. The molecular weight excluding hydrogens is 264 g/mol. The first-order chi connectivity index (χ1) is 9.19. The van der Waals surface area contributed by atoms with Crippen LogP contribution in [0.3, 0.4) is 0 Å². The first-order valence-corrected chi connectivity index (χ1v) is 6.69. The molecule has 1 heterocycles. The molecule has 1 rings (SSSR count). The minimum atomic E-state index is -1.19. The van der Waals surface area contributed by atoms with Crippen molar-refractivity contribution in [3.8, 4) is 0 Å². The second-order valence-corrected chi connectivity index (χ2v) is 5.83. The summed E-state index contributed by atoms with van der Waals surface area (Å²) in [6.07, 6.45) is 1.31. The van der Waals surface area contributed by atoms with Crippen molar-refractivity contribution in [1.29, 1.82) is 0 Å². The molecule has 7 heteroatoms. The van der Waals surface area contributed by atoms with Crippen molar-refractivity contribution in [3.63, 3.8) is 0 Å². The number of ether oxygens (including phenoxy) is 1. The van der Waals surface area contributed by atoms with Gasteiger partial charge in [0.05, 0.1) is 6.54 Å². The quantitative estimate of drug-likeness (QED) is 0.803. The van der Waals surface area contributed by atoms with Crippen LogP contribution in [-0.4, -0.2) is 52.7 Å². The van der Waals surface area contributed by atoms with E-state index in [9.17, 15) is 14.4 Å². The fraction of sp³-hybridized carbons (Fsp3) is 0.769. The summed E-state index contributed by atoms with van der Waals surface area (Å²) in [4.78, 5) is 35.9. The molecule has 0 aliphatic carbocycles. The molecule has 0 bridgehead atoms. The molecule has 1 atom stereocenters. The number of piperidine rings is 1. The Kier molecular flexibility index (Phi) is 5.35. The highest BCUT2D eigenvalue weighted by molar-refractivity contribution is 5.82. The molecule has 0 unspecified atom stereocenters. The molecule has 1 fully saturated rings. The fourth-order valence-electron chi connectivity index (χ4n) is 1.91. The zero-order valence-electron chi connectivity index (χ0n) is 12.1. The first-order valence-electron chi connectivity index (χ1n) is 6.69. The lowest BCUT2D eigenvalue weighted by Gasteiger charge is -2.29. The van der Waals surface area contributed by atoms with Crippen molar-refractivity contribution >= 4 is 18.0 Å². The summed E-state index contributed by atoms with van der Waals surface area (Å²) in [6.45, 7) is 5.57. The Morgan fingerprint density at radius 3 is 2.55 bits per heavy atom. The van der Waals surface area contributed by atoms with Gasteiger partial charge in [-0.15, -0.1) is 0 Å². The number of carbonyl (C=O) groups excluding carboxylic acids is 2. The van der Waals surface area contributed by atoms with Crippen molar-refractivity contribution in [2.75, 3.05) is 13.1 Å². The summed E-state index contributed by atoms with van der Waals surface area (Å²) in [7, 11) is 0. The molecule has 1 saturated heterocycles. The van der Waals surface area contributed by atoms with E-state index in [0.29, 0.717) is 13.0 Å². The molecule has 7 nitrogen and oxygen atoms in total. The molecule has 0 aromatic carbocycles. The molecule has 114 valence electrons. The summed E-state index contributed by atoms with van der Waals surface area (Å²) in [5, 5.41) is 11.4. The van der Waals surface area contributed by atoms with E-state index in [-0.39, 0.29) is 12.5 Å². The number of likely N-dealkylation sites (tertiary alicyclic amines) is 1. The molecule has 0 aromatic rings. The smallest absolute Gasteiger partial charge is 0.408 e. The number of carboxylic acid groups (broad SMARTS) is 1. The van der Waals surface area contributed by atoms with Crippen LogP contribution in [0.1, 0.15) is 40.0 Å². The van der Waals surface area contributed by atoms with E-state index in [1.807, 2.05) is 0 Å². The van der Waals surface area contributed by atoms with E-state index >= 15 is 0 Å². The van der Waals surface area contributed by atoms with Gasteiger partial charge in [0, 0.05) is 13.0 Å². The van der Waals surface area contributed by atoms with Crippen molar-refractivity contribution in [2.45, 2.75) is 51.7 Å². The lowest BCUT2D eigenvalue weighted by molar-refractivity contribution is -0.141. The van der Waals surface area contributed by atoms with Crippen LogP contribution in [0.5, 0.6) is 0 Å². The summed E-state index contributed by atoms with van der Waals surface area (Å²) < 4.78 is 5.02.